The van der Waals surface area contributed by atoms with Gasteiger partial charge in [-0.05, 0) is 42.8 Å². The highest BCUT2D eigenvalue weighted by molar-refractivity contribution is 5.21. The molecule has 0 aliphatic carbocycles. The number of aromatic nitrogens is 3. The van der Waals surface area contributed by atoms with Crippen molar-refractivity contribution in [3.63, 3.8) is 0 Å². The summed E-state index contributed by atoms with van der Waals surface area (Å²) in [5.74, 6) is 0.0333. The van der Waals surface area contributed by atoms with E-state index in [1.54, 1.807) is 18.6 Å². The van der Waals surface area contributed by atoms with E-state index in [1.807, 2.05) is 54.6 Å². The van der Waals surface area contributed by atoms with Crippen molar-refractivity contribution < 1.29 is 0 Å². The molecule has 3 aromatic rings. The third kappa shape index (κ3) is 3.35. The highest BCUT2D eigenvalue weighted by Gasteiger charge is 2.24. The van der Waals surface area contributed by atoms with Crippen LogP contribution in [0.1, 0.15) is 29.0 Å². The van der Waals surface area contributed by atoms with Gasteiger partial charge in [0.05, 0.1) is 11.7 Å². The number of pyridine rings is 3. The Bertz CT molecular complexity index is 686. The van der Waals surface area contributed by atoms with E-state index in [1.165, 1.54) is 0 Å². The van der Waals surface area contributed by atoms with E-state index in [0.29, 0.717) is 0 Å². The Kier molecular flexibility index (Phi) is 4.51. The van der Waals surface area contributed by atoms with Gasteiger partial charge < -0.3 is 5.73 Å². The van der Waals surface area contributed by atoms with Crippen LogP contribution in [0.2, 0.25) is 0 Å². The summed E-state index contributed by atoms with van der Waals surface area (Å²) in [7, 11) is 0. The molecule has 3 heterocycles. The Morgan fingerprint density at radius 1 is 0.727 bits per heavy atom. The zero-order valence-electron chi connectivity index (χ0n) is 12.2. The monoisotopic (exact) mass is 290 g/mol. The first-order valence-electron chi connectivity index (χ1n) is 7.32. The number of hydrogen-bond acceptors (Lipinski definition) is 4. The topological polar surface area (TPSA) is 64.7 Å². The predicted octanol–water partition coefficient (Wildman–Crippen LogP) is 2.90. The molecule has 0 fully saturated rings. The van der Waals surface area contributed by atoms with E-state index in [9.17, 15) is 0 Å². The van der Waals surface area contributed by atoms with Crippen LogP contribution >= 0.6 is 0 Å². The fourth-order valence-electron chi connectivity index (χ4n) is 2.53. The van der Waals surface area contributed by atoms with Crippen LogP contribution in [0.3, 0.4) is 0 Å². The summed E-state index contributed by atoms with van der Waals surface area (Å²) < 4.78 is 0. The number of nitrogens with zero attached hydrogens (tertiary/aromatic N) is 3. The summed E-state index contributed by atoms with van der Waals surface area (Å²) in [5, 5.41) is 0. The molecule has 0 radical (unpaired) electrons. The van der Waals surface area contributed by atoms with Crippen LogP contribution < -0.4 is 5.73 Å². The summed E-state index contributed by atoms with van der Waals surface area (Å²) >= 11 is 0. The van der Waals surface area contributed by atoms with Gasteiger partial charge in [-0.2, -0.15) is 0 Å². The van der Waals surface area contributed by atoms with Crippen LogP contribution in [0.25, 0.3) is 0 Å². The smallest absolute Gasteiger partial charge is 0.0577 e. The fourth-order valence-corrected chi connectivity index (χ4v) is 2.53. The molecule has 3 rings (SSSR count). The lowest BCUT2D eigenvalue weighted by Gasteiger charge is -2.23. The van der Waals surface area contributed by atoms with Crippen molar-refractivity contribution in [2.75, 3.05) is 0 Å². The average Bonchev–Trinajstić information content (AvgIpc) is 2.61. The van der Waals surface area contributed by atoms with E-state index < -0.39 is 0 Å². The van der Waals surface area contributed by atoms with Crippen LogP contribution in [0.15, 0.2) is 73.2 Å². The summed E-state index contributed by atoms with van der Waals surface area (Å²) in [6, 6.07) is 17.4. The van der Waals surface area contributed by atoms with Crippen molar-refractivity contribution >= 4 is 0 Å². The summed E-state index contributed by atoms with van der Waals surface area (Å²) in [6.45, 7) is 0. The van der Waals surface area contributed by atoms with Crippen molar-refractivity contribution in [2.24, 2.45) is 5.73 Å². The molecular weight excluding hydrogens is 272 g/mol. The largest absolute Gasteiger partial charge is 0.322 e. The van der Waals surface area contributed by atoms with Gasteiger partial charge in [-0.25, -0.2) is 0 Å². The summed E-state index contributed by atoms with van der Waals surface area (Å²) in [4.78, 5) is 13.3. The van der Waals surface area contributed by atoms with E-state index in [2.05, 4.69) is 15.0 Å². The Morgan fingerprint density at radius 2 is 1.32 bits per heavy atom. The van der Waals surface area contributed by atoms with Gasteiger partial charge in [0.25, 0.3) is 0 Å². The van der Waals surface area contributed by atoms with Crippen molar-refractivity contribution in [1.29, 1.82) is 0 Å². The van der Waals surface area contributed by atoms with Gasteiger partial charge in [-0.15, -0.1) is 0 Å². The first-order valence-corrected chi connectivity index (χ1v) is 7.32. The Balaban J connectivity index is 1.93. The molecule has 0 aliphatic rings. The highest BCUT2D eigenvalue weighted by atomic mass is 14.8. The molecule has 22 heavy (non-hydrogen) atoms. The first-order chi connectivity index (χ1) is 10.8. The normalized spacial score (nSPS) is 13.5. The highest BCUT2D eigenvalue weighted by Crippen LogP contribution is 2.29. The molecule has 3 aromatic heterocycles. The fraction of sp³-hybridized carbons (Fsp3) is 0.167. The zero-order valence-corrected chi connectivity index (χ0v) is 12.2. The Morgan fingerprint density at radius 3 is 1.86 bits per heavy atom. The molecule has 0 aromatic carbocycles. The van der Waals surface area contributed by atoms with E-state index in [-0.39, 0.29) is 12.0 Å². The standard InChI is InChI=1S/C18H18N4/c19-18(17-9-3-6-12-22-17)15(16-8-2-5-11-21-16)13-14-7-1-4-10-20-14/h1-12,15,18H,13,19H2. The van der Waals surface area contributed by atoms with Gasteiger partial charge in [0.1, 0.15) is 0 Å². The Labute approximate surface area is 130 Å². The molecule has 0 amide bonds. The molecule has 110 valence electrons. The van der Waals surface area contributed by atoms with Crippen LogP contribution in [0, 0.1) is 0 Å². The maximum atomic E-state index is 6.49. The molecule has 2 atom stereocenters. The maximum Gasteiger partial charge on any atom is 0.0577 e. The molecule has 4 heteroatoms. The second-order valence-corrected chi connectivity index (χ2v) is 5.17. The van der Waals surface area contributed by atoms with Crippen LogP contribution in [-0.4, -0.2) is 15.0 Å². The molecule has 2 N–H and O–H groups in total. The number of nitrogens with two attached hydrogens (primary N) is 1. The van der Waals surface area contributed by atoms with Gasteiger partial charge in [0, 0.05) is 35.9 Å². The minimum Gasteiger partial charge on any atom is -0.322 e. The molecule has 0 aliphatic heterocycles. The lowest BCUT2D eigenvalue weighted by molar-refractivity contribution is 0.522. The van der Waals surface area contributed by atoms with Gasteiger partial charge in [-0.1, -0.05) is 18.2 Å². The predicted molar refractivity (Wildman–Crippen MR) is 86.1 cm³/mol. The maximum absolute atomic E-state index is 6.49. The van der Waals surface area contributed by atoms with Crippen LogP contribution in [0.5, 0.6) is 0 Å². The van der Waals surface area contributed by atoms with Gasteiger partial charge in [0.15, 0.2) is 0 Å². The zero-order chi connectivity index (χ0) is 15.2. The van der Waals surface area contributed by atoms with E-state index in [0.717, 1.165) is 23.5 Å². The van der Waals surface area contributed by atoms with Gasteiger partial charge in [-0.3, -0.25) is 15.0 Å². The second-order valence-electron chi connectivity index (χ2n) is 5.17. The molecule has 0 bridgehead atoms. The van der Waals surface area contributed by atoms with Crippen molar-refractivity contribution in [3.05, 3.63) is 90.3 Å². The second kappa shape index (κ2) is 6.91. The van der Waals surface area contributed by atoms with Crippen LogP contribution in [0.4, 0.5) is 0 Å². The third-order valence-corrected chi connectivity index (χ3v) is 3.69. The van der Waals surface area contributed by atoms with Gasteiger partial charge in [0.2, 0.25) is 0 Å². The number of hydrogen-bond donors (Lipinski definition) is 1. The Hall–Kier alpha value is -2.59. The number of rotatable bonds is 5. The lowest BCUT2D eigenvalue weighted by Crippen LogP contribution is -2.23. The average molecular weight is 290 g/mol. The lowest BCUT2D eigenvalue weighted by atomic mass is 9.89. The molecule has 0 spiro atoms. The molecule has 2 unspecified atom stereocenters. The molecule has 0 saturated heterocycles. The molecule has 0 saturated carbocycles. The summed E-state index contributed by atoms with van der Waals surface area (Å²) in [6.07, 6.45) is 6.10. The van der Waals surface area contributed by atoms with Crippen LogP contribution in [-0.2, 0) is 6.42 Å². The first kappa shape index (κ1) is 14.4. The molecule has 4 nitrogen and oxygen atoms in total. The van der Waals surface area contributed by atoms with Crippen molar-refractivity contribution in [2.45, 2.75) is 18.4 Å². The third-order valence-electron chi connectivity index (χ3n) is 3.69. The minimum absolute atomic E-state index is 0.0333. The minimum atomic E-state index is -0.224. The van der Waals surface area contributed by atoms with Crippen molar-refractivity contribution in [1.82, 2.24) is 15.0 Å². The van der Waals surface area contributed by atoms with Crippen molar-refractivity contribution in [3.8, 4) is 0 Å². The summed E-state index contributed by atoms with van der Waals surface area (Å²) in [5.41, 5.74) is 9.33. The van der Waals surface area contributed by atoms with E-state index in [4.69, 9.17) is 5.73 Å². The van der Waals surface area contributed by atoms with E-state index >= 15 is 0 Å². The van der Waals surface area contributed by atoms with Gasteiger partial charge >= 0.3 is 0 Å². The quantitative estimate of drug-likeness (QED) is 0.784. The molecular formula is C18H18N4. The SMILES string of the molecule is NC(c1ccccn1)C(Cc1ccccn1)c1ccccn1.